The Balaban J connectivity index is 2.54. The standard InChI is InChI=1S/C7H12N4OS/c1-5(13-3)7(12)8-6-4-11(2)10-9-6/h4-5H,1-3H3,(H,8,12). The van der Waals surface area contributed by atoms with E-state index in [1.54, 1.807) is 17.9 Å². The van der Waals surface area contributed by atoms with Crippen LogP contribution in [0.3, 0.4) is 0 Å². The second kappa shape index (κ2) is 4.27. The number of thioether (sulfide) groups is 1. The van der Waals surface area contributed by atoms with Crippen molar-refractivity contribution in [2.45, 2.75) is 12.2 Å². The van der Waals surface area contributed by atoms with Gasteiger partial charge in [0.1, 0.15) is 0 Å². The van der Waals surface area contributed by atoms with Gasteiger partial charge >= 0.3 is 0 Å². The molecule has 1 heterocycles. The third-order valence-electron chi connectivity index (χ3n) is 1.58. The van der Waals surface area contributed by atoms with Gasteiger partial charge in [0.25, 0.3) is 0 Å². The Morgan fingerprint density at radius 1 is 1.77 bits per heavy atom. The van der Waals surface area contributed by atoms with Crippen molar-refractivity contribution in [2.75, 3.05) is 11.6 Å². The number of amides is 1. The highest BCUT2D eigenvalue weighted by atomic mass is 32.2. The number of hydrogen-bond acceptors (Lipinski definition) is 4. The van der Waals surface area contributed by atoms with Crippen molar-refractivity contribution in [1.29, 1.82) is 0 Å². The minimum absolute atomic E-state index is 0.0481. The second-order valence-electron chi connectivity index (χ2n) is 2.64. The van der Waals surface area contributed by atoms with Crippen LogP contribution in [-0.2, 0) is 11.8 Å². The van der Waals surface area contributed by atoms with E-state index in [1.165, 1.54) is 11.8 Å². The zero-order valence-electron chi connectivity index (χ0n) is 7.81. The topological polar surface area (TPSA) is 59.8 Å². The maximum absolute atomic E-state index is 11.3. The van der Waals surface area contributed by atoms with Crippen molar-refractivity contribution in [3.8, 4) is 0 Å². The van der Waals surface area contributed by atoms with E-state index in [1.807, 2.05) is 13.2 Å². The van der Waals surface area contributed by atoms with Crippen LogP contribution < -0.4 is 5.32 Å². The van der Waals surface area contributed by atoms with Gasteiger partial charge < -0.3 is 5.32 Å². The largest absolute Gasteiger partial charge is 0.307 e. The number of nitrogens with one attached hydrogen (secondary N) is 1. The van der Waals surface area contributed by atoms with Gasteiger partial charge in [-0.2, -0.15) is 11.8 Å². The maximum atomic E-state index is 11.3. The molecule has 5 nitrogen and oxygen atoms in total. The molecule has 0 aliphatic rings. The number of aryl methyl sites for hydroxylation is 1. The van der Waals surface area contributed by atoms with Crippen LogP contribution in [0.5, 0.6) is 0 Å². The van der Waals surface area contributed by atoms with E-state index < -0.39 is 0 Å². The lowest BCUT2D eigenvalue weighted by atomic mass is 10.4. The molecular weight excluding hydrogens is 188 g/mol. The quantitative estimate of drug-likeness (QED) is 0.772. The molecule has 0 fully saturated rings. The Bertz CT molecular complexity index is 298. The minimum atomic E-state index is -0.0676. The summed E-state index contributed by atoms with van der Waals surface area (Å²) in [6.07, 6.45) is 3.55. The lowest BCUT2D eigenvalue weighted by molar-refractivity contribution is -0.115. The van der Waals surface area contributed by atoms with Crippen LogP contribution in [0.15, 0.2) is 6.20 Å². The highest BCUT2D eigenvalue weighted by molar-refractivity contribution is 7.99. The van der Waals surface area contributed by atoms with Crippen molar-refractivity contribution in [1.82, 2.24) is 15.0 Å². The summed E-state index contributed by atoms with van der Waals surface area (Å²) < 4.78 is 1.54. The molecule has 72 valence electrons. The number of carbonyl (C=O) groups excluding carboxylic acids is 1. The van der Waals surface area contributed by atoms with Gasteiger partial charge in [0.15, 0.2) is 5.82 Å². The summed E-state index contributed by atoms with van der Waals surface area (Å²) in [6.45, 7) is 1.84. The monoisotopic (exact) mass is 200 g/mol. The fourth-order valence-electron chi connectivity index (χ4n) is 0.740. The molecule has 1 N–H and O–H groups in total. The SMILES string of the molecule is CSC(C)C(=O)Nc1cn(C)nn1. The first-order valence-corrected chi connectivity index (χ1v) is 5.12. The zero-order valence-corrected chi connectivity index (χ0v) is 8.63. The van der Waals surface area contributed by atoms with Crippen LogP contribution in [0.4, 0.5) is 5.82 Å². The van der Waals surface area contributed by atoms with E-state index in [-0.39, 0.29) is 11.2 Å². The Hall–Kier alpha value is -1.04. The normalized spacial score (nSPS) is 12.5. The lowest BCUT2D eigenvalue weighted by Gasteiger charge is -2.05. The van der Waals surface area contributed by atoms with Crippen molar-refractivity contribution >= 4 is 23.5 Å². The van der Waals surface area contributed by atoms with Gasteiger partial charge in [0, 0.05) is 7.05 Å². The number of aromatic nitrogens is 3. The highest BCUT2D eigenvalue weighted by Crippen LogP contribution is 2.08. The van der Waals surface area contributed by atoms with Gasteiger partial charge in [-0.1, -0.05) is 5.21 Å². The molecule has 0 spiro atoms. The summed E-state index contributed by atoms with van der Waals surface area (Å²) in [5.41, 5.74) is 0. The molecular formula is C7H12N4OS. The molecule has 0 aliphatic carbocycles. The molecule has 1 rings (SSSR count). The molecule has 13 heavy (non-hydrogen) atoms. The number of hydrogen-bond donors (Lipinski definition) is 1. The fraction of sp³-hybridized carbons (Fsp3) is 0.571. The molecule has 6 heteroatoms. The van der Waals surface area contributed by atoms with Crippen molar-refractivity contribution in [2.24, 2.45) is 7.05 Å². The summed E-state index contributed by atoms with van der Waals surface area (Å²) in [6, 6.07) is 0. The van der Waals surface area contributed by atoms with Gasteiger partial charge in [0.2, 0.25) is 5.91 Å². The van der Waals surface area contributed by atoms with Gasteiger partial charge in [-0.25, -0.2) is 0 Å². The molecule has 1 aromatic heterocycles. The van der Waals surface area contributed by atoms with Crippen LogP contribution >= 0.6 is 11.8 Å². The van der Waals surface area contributed by atoms with Crippen molar-refractivity contribution in [3.05, 3.63) is 6.20 Å². The van der Waals surface area contributed by atoms with E-state index >= 15 is 0 Å². The Labute approximate surface area is 80.9 Å². The zero-order chi connectivity index (χ0) is 9.84. The van der Waals surface area contributed by atoms with Crippen LogP contribution in [0, 0.1) is 0 Å². The molecule has 1 atom stereocenters. The van der Waals surface area contributed by atoms with E-state index in [9.17, 15) is 4.79 Å². The van der Waals surface area contributed by atoms with Gasteiger partial charge in [-0.15, -0.1) is 5.10 Å². The molecule has 0 aromatic carbocycles. The van der Waals surface area contributed by atoms with Crippen molar-refractivity contribution in [3.63, 3.8) is 0 Å². The average molecular weight is 200 g/mol. The number of anilines is 1. The molecule has 0 saturated heterocycles. The van der Waals surface area contributed by atoms with E-state index in [0.717, 1.165) is 0 Å². The molecule has 0 saturated carbocycles. The molecule has 0 aliphatic heterocycles. The predicted molar refractivity (Wildman–Crippen MR) is 52.6 cm³/mol. The molecule has 0 bridgehead atoms. The fourth-order valence-corrected chi connectivity index (χ4v) is 1.01. The Kier molecular flexibility index (Phi) is 3.30. The Morgan fingerprint density at radius 2 is 2.46 bits per heavy atom. The van der Waals surface area contributed by atoms with Gasteiger partial charge in [0.05, 0.1) is 11.4 Å². The van der Waals surface area contributed by atoms with E-state index in [0.29, 0.717) is 5.82 Å². The van der Waals surface area contributed by atoms with Gasteiger partial charge in [-0.3, -0.25) is 9.48 Å². The molecule has 1 aromatic rings. The Morgan fingerprint density at radius 3 is 2.92 bits per heavy atom. The van der Waals surface area contributed by atoms with Crippen LogP contribution in [0.1, 0.15) is 6.92 Å². The summed E-state index contributed by atoms with van der Waals surface area (Å²) in [7, 11) is 1.75. The minimum Gasteiger partial charge on any atom is -0.307 e. The van der Waals surface area contributed by atoms with Crippen molar-refractivity contribution < 1.29 is 4.79 Å². The predicted octanol–water partition coefficient (Wildman–Crippen LogP) is 0.505. The summed E-state index contributed by atoms with van der Waals surface area (Å²) in [5, 5.41) is 10.0. The molecule has 1 unspecified atom stereocenters. The smallest absolute Gasteiger partial charge is 0.238 e. The summed E-state index contributed by atoms with van der Waals surface area (Å²) in [5.74, 6) is 0.446. The number of carbonyl (C=O) groups is 1. The van der Waals surface area contributed by atoms with Crippen LogP contribution in [0.25, 0.3) is 0 Å². The first-order chi connectivity index (χ1) is 6.13. The van der Waals surface area contributed by atoms with E-state index in [2.05, 4.69) is 15.6 Å². The first kappa shape index (κ1) is 10.0. The third-order valence-corrected chi connectivity index (χ3v) is 2.50. The molecule has 0 radical (unpaired) electrons. The number of nitrogens with zero attached hydrogens (tertiary/aromatic N) is 3. The van der Waals surface area contributed by atoms with Crippen LogP contribution in [-0.4, -0.2) is 32.4 Å². The van der Waals surface area contributed by atoms with Gasteiger partial charge in [-0.05, 0) is 13.2 Å². The molecule has 1 amide bonds. The van der Waals surface area contributed by atoms with E-state index in [4.69, 9.17) is 0 Å². The highest BCUT2D eigenvalue weighted by Gasteiger charge is 2.12. The second-order valence-corrected chi connectivity index (χ2v) is 3.82. The number of rotatable bonds is 3. The lowest BCUT2D eigenvalue weighted by Crippen LogP contribution is -2.22. The summed E-state index contributed by atoms with van der Waals surface area (Å²) >= 11 is 1.49. The average Bonchev–Trinajstić information content (AvgIpc) is 2.49. The van der Waals surface area contributed by atoms with Crippen LogP contribution in [0.2, 0.25) is 0 Å². The third kappa shape index (κ3) is 2.73. The maximum Gasteiger partial charge on any atom is 0.238 e. The first-order valence-electron chi connectivity index (χ1n) is 3.83. The summed E-state index contributed by atoms with van der Waals surface area (Å²) in [4.78, 5) is 11.3.